The van der Waals surface area contributed by atoms with Gasteiger partial charge in [-0.05, 0) is 29.8 Å². The number of thioether (sulfide) groups is 1. The third-order valence-electron chi connectivity index (χ3n) is 3.28. The van der Waals surface area contributed by atoms with Gasteiger partial charge in [0.05, 0.1) is 24.3 Å². The van der Waals surface area contributed by atoms with Crippen molar-refractivity contribution in [2.24, 2.45) is 0 Å². The molecular formula is C17H15ClN4O3S. The van der Waals surface area contributed by atoms with E-state index in [4.69, 9.17) is 20.8 Å². The number of carbonyl (C=O) groups excluding carboxylic acids is 1. The van der Waals surface area contributed by atoms with Gasteiger partial charge in [-0.3, -0.25) is 4.79 Å². The van der Waals surface area contributed by atoms with Crippen LogP contribution >= 0.6 is 23.4 Å². The van der Waals surface area contributed by atoms with Gasteiger partial charge in [-0.15, -0.1) is 10.2 Å². The van der Waals surface area contributed by atoms with Crippen LogP contribution < -0.4 is 10.1 Å². The Morgan fingerprint density at radius 2 is 2.04 bits per heavy atom. The first kappa shape index (κ1) is 18.2. The minimum absolute atomic E-state index is 0.133. The molecule has 7 nitrogen and oxygen atoms in total. The summed E-state index contributed by atoms with van der Waals surface area (Å²) in [5, 5.41) is 11.5. The number of amides is 1. The summed E-state index contributed by atoms with van der Waals surface area (Å²) in [5.74, 6) is 1.62. The first-order chi connectivity index (χ1) is 12.6. The van der Waals surface area contributed by atoms with Gasteiger partial charge in [0.15, 0.2) is 0 Å². The van der Waals surface area contributed by atoms with Crippen molar-refractivity contribution in [1.29, 1.82) is 0 Å². The predicted octanol–water partition coefficient (Wildman–Crippen LogP) is 3.45. The number of benzene rings is 1. The molecule has 9 heteroatoms. The number of halogens is 1. The molecule has 2 heterocycles. The van der Waals surface area contributed by atoms with Gasteiger partial charge in [0.1, 0.15) is 11.6 Å². The smallest absolute Gasteiger partial charge is 0.277 e. The van der Waals surface area contributed by atoms with Gasteiger partial charge >= 0.3 is 0 Å². The summed E-state index contributed by atoms with van der Waals surface area (Å²) >= 11 is 6.91. The standard InChI is InChI=1S/C17H15ClN4O3S/c1-24-13-5-2-11(3-6-13)8-16-21-22-17(25-16)26-10-15(23)20-14-7-4-12(18)9-19-14/h2-7,9H,8,10H2,1H3,(H,19,20,23). The molecule has 134 valence electrons. The number of rotatable bonds is 7. The number of hydrogen-bond donors (Lipinski definition) is 1. The maximum absolute atomic E-state index is 11.9. The fourth-order valence-electron chi connectivity index (χ4n) is 2.04. The van der Waals surface area contributed by atoms with Crippen LogP contribution in [-0.2, 0) is 11.2 Å². The lowest BCUT2D eigenvalue weighted by molar-refractivity contribution is -0.113. The molecule has 0 aliphatic carbocycles. The number of aromatic nitrogens is 3. The monoisotopic (exact) mass is 390 g/mol. The largest absolute Gasteiger partial charge is 0.497 e. The van der Waals surface area contributed by atoms with E-state index < -0.39 is 0 Å². The van der Waals surface area contributed by atoms with E-state index in [2.05, 4.69) is 20.5 Å². The minimum Gasteiger partial charge on any atom is -0.497 e. The highest BCUT2D eigenvalue weighted by Gasteiger charge is 2.11. The van der Waals surface area contributed by atoms with Crippen LogP contribution in [0.15, 0.2) is 52.2 Å². The van der Waals surface area contributed by atoms with Gasteiger partial charge in [-0.25, -0.2) is 4.98 Å². The van der Waals surface area contributed by atoms with Crippen molar-refractivity contribution < 1.29 is 13.9 Å². The second kappa shape index (κ2) is 8.68. The molecule has 0 saturated carbocycles. The summed E-state index contributed by atoms with van der Waals surface area (Å²) in [7, 11) is 1.62. The molecule has 1 aromatic carbocycles. The van der Waals surface area contributed by atoms with Crippen LogP contribution in [0.1, 0.15) is 11.5 Å². The van der Waals surface area contributed by atoms with Crippen molar-refractivity contribution >= 4 is 35.1 Å². The summed E-state index contributed by atoms with van der Waals surface area (Å²) < 4.78 is 10.7. The first-order valence-electron chi connectivity index (χ1n) is 7.62. The topological polar surface area (TPSA) is 90.1 Å². The molecule has 0 fully saturated rings. The van der Waals surface area contributed by atoms with Crippen LogP contribution in [0.4, 0.5) is 5.82 Å². The Balaban J connectivity index is 1.49. The average molecular weight is 391 g/mol. The fourth-order valence-corrected chi connectivity index (χ4v) is 2.73. The predicted molar refractivity (Wildman–Crippen MR) is 98.7 cm³/mol. The lowest BCUT2D eigenvalue weighted by atomic mass is 10.1. The quantitative estimate of drug-likeness (QED) is 0.618. The molecule has 0 unspecified atom stereocenters. The van der Waals surface area contributed by atoms with Crippen LogP contribution in [0.5, 0.6) is 5.75 Å². The normalized spacial score (nSPS) is 10.5. The van der Waals surface area contributed by atoms with E-state index in [0.29, 0.717) is 28.4 Å². The summed E-state index contributed by atoms with van der Waals surface area (Å²) in [4.78, 5) is 15.9. The van der Waals surface area contributed by atoms with Crippen molar-refractivity contribution in [2.45, 2.75) is 11.6 Å². The fraction of sp³-hybridized carbons (Fsp3) is 0.176. The number of methoxy groups -OCH3 is 1. The van der Waals surface area contributed by atoms with Gasteiger partial charge in [0, 0.05) is 6.20 Å². The molecule has 0 bridgehead atoms. The Bertz CT molecular complexity index is 868. The van der Waals surface area contributed by atoms with E-state index in [1.165, 1.54) is 6.20 Å². The van der Waals surface area contributed by atoms with E-state index in [-0.39, 0.29) is 11.7 Å². The van der Waals surface area contributed by atoms with Crippen molar-refractivity contribution in [3.05, 3.63) is 59.1 Å². The van der Waals surface area contributed by atoms with Gasteiger partial charge < -0.3 is 14.5 Å². The van der Waals surface area contributed by atoms with Crippen LogP contribution in [0, 0.1) is 0 Å². The lowest BCUT2D eigenvalue weighted by Crippen LogP contribution is -2.14. The number of anilines is 1. The van der Waals surface area contributed by atoms with Crippen molar-refractivity contribution in [3.8, 4) is 5.75 Å². The number of nitrogens with one attached hydrogen (secondary N) is 1. The maximum atomic E-state index is 11.9. The zero-order chi connectivity index (χ0) is 18.4. The lowest BCUT2D eigenvalue weighted by Gasteiger charge is -2.02. The molecule has 0 aliphatic heterocycles. The Hall–Kier alpha value is -2.58. The van der Waals surface area contributed by atoms with Crippen LogP contribution in [0.2, 0.25) is 5.02 Å². The zero-order valence-corrected chi connectivity index (χ0v) is 15.4. The Kier molecular flexibility index (Phi) is 6.08. The highest BCUT2D eigenvalue weighted by Crippen LogP contribution is 2.19. The molecule has 0 aliphatic rings. The minimum atomic E-state index is -0.222. The second-order valence-corrected chi connectivity index (χ2v) is 6.55. The molecule has 2 aromatic heterocycles. The van der Waals surface area contributed by atoms with Crippen LogP contribution in [-0.4, -0.2) is 34.0 Å². The Morgan fingerprint density at radius 1 is 1.23 bits per heavy atom. The Labute approximate surface area is 159 Å². The molecule has 0 spiro atoms. The van der Waals surface area contributed by atoms with E-state index >= 15 is 0 Å². The van der Waals surface area contributed by atoms with Crippen LogP contribution in [0.3, 0.4) is 0 Å². The highest BCUT2D eigenvalue weighted by atomic mass is 35.5. The van der Waals surface area contributed by atoms with Gasteiger partial charge in [0.2, 0.25) is 11.8 Å². The van der Waals surface area contributed by atoms with E-state index in [0.717, 1.165) is 23.1 Å². The third-order valence-corrected chi connectivity index (χ3v) is 4.33. The number of hydrogen-bond acceptors (Lipinski definition) is 7. The first-order valence-corrected chi connectivity index (χ1v) is 8.98. The van der Waals surface area contributed by atoms with E-state index in [1.54, 1.807) is 19.2 Å². The highest BCUT2D eigenvalue weighted by molar-refractivity contribution is 7.99. The van der Waals surface area contributed by atoms with Crippen LogP contribution in [0.25, 0.3) is 0 Å². The van der Waals surface area contributed by atoms with Crippen molar-refractivity contribution in [2.75, 3.05) is 18.2 Å². The summed E-state index contributed by atoms with van der Waals surface area (Å²) in [6.07, 6.45) is 1.98. The molecule has 26 heavy (non-hydrogen) atoms. The zero-order valence-electron chi connectivity index (χ0n) is 13.8. The van der Waals surface area contributed by atoms with Crippen molar-refractivity contribution in [3.63, 3.8) is 0 Å². The molecule has 3 aromatic rings. The number of carbonyl (C=O) groups is 1. The number of ether oxygens (including phenoxy) is 1. The number of nitrogens with zero attached hydrogens (tertiary/aromatic N) is 3. The maximum Gasteiger partial charge on any atom is 0.277 e. The molecule has 1 amide bonds. The molecule has 1 N–H and O–H groups in total. The van der Waals surface area contributed by atoms with E-state index in [9.17, 15) is 4.79 Å². The third kappa shape index (κ3) is 5.21. The summed E-state index contributed by atoms with van der Waals surface area (Å²) in [5.41, 5.74) is 1.03. The Morgan fingerprint density at radius 3 is 2.73 bits per heavy atom. The molecule has 0 atom stereocenters. The van der Waals surface area contributed by atoms with Crippen molar-refractivity contribution in [1.82, 2.24) is 15.2 Å². The average Bonchev–Trinajstić information content (AvgIpc) is 3.10. The van der Waals surface area contributed by atoms with Gasteiger partial charge in [-0.2, -0.15) is 0 Å². The SMILES string of the molecule is COc1ccc(Cc2nnc(SCC(=O)Nc3ccc(Cl)cn3)o2)cc1. The molecule has 0 saturated heterocycles. The number of pyridine rings is 1. The second-order valence-electron chi connectivity index (χ2n) is 5.19. The van der Waals surface area contributed by atoms with Gasteiger partial charge in [-0.1, -0.05) is 35.5 Å². The molecule has 0 radical (unpaired) electrons. The molecule has 3 rings (SSSR count). The molecular weight excluding hydrogens is 376 g/mol. The summed E-state index contributed by atoms with van der Waals surface area (Å²) in [6, 6.07) is 10.9. The van der Waals surface area contributed by atoms with Gasteiger partial charge in [0.25, 0.3) is 5.22 Å². The summed E-state index contributed by atoms with van der Waals surface area (Å²) in [6.45, 7) is 0. The van der Waals surface area contributed by atoms with E-state index in [1.807, 2.05) is 24.3 Å².